The number of nitrogens with one attached hydrogen (secondary N) is 1. The summed E-state index contributed by atoms with van der Waals surface area (Å²) in [5.74, 6) is -0.643. The molecule has 1 N–H and O–H groups in total. The van der Waals surface area contributed by atoms with Crippen molar-refractivity contribution in [2.75, 3.05) is 6.54 Å². The second-order valence-electron chi connectivity index (χ2n) is 9.74. The van der Waals surface area contributed by atoms with Gasteiger partial charge in [-0.05, 0) is 66.6 Å². The molecule has 0 saturated heterocycles. The fourth-order valence-electron chi connectivity index (χ4n) is 4.92. The van der Waals surface area contributed by atoms with Gasteiger partial charge in [-0.2, -0.15) is 0 Å². The van der Waals surface area contributed by atoms with E-state index >= 15 is 0 Å². The molecule has 0 unspecified atom stereocenters. The lowest BCUT2D eigenvalue weighted by Crippen LogP contribution is -2.35. The summed E-state index contributed by atoms with van der Waals surface area (Å²) in [6.45, 7) is 4.63. The van der Waals surface area contributed by atoms with E-state index in [1.165, 1.54) is 18.2 Å². The summed E-state index contributed by atoms with van der Waals surface area (Å²) in [5.41, 5.74) is 5.80. The van der Waals surface area contributed by atoms with Crippen molar-refractivity contribution in [3.05, 3.63) is 111 Å². The molecule has 4 aromatic rings. The maximum Gasteiger partial charge on any atom is 0.439 e. The fourth-order valence-corrected chi connectivity index (χ4v) is 4.92. The number of rotatable bonds is 9. The number of amidine groups is 1. The molecule has 1 aliphatic heterocycles. The molecule has 0 bridgehead atoms. The standard InChI is InChI=1S/C31H30F2N4O2/c1-3-4-13-29-23(18-37(20(2)34-29)19-26-27(32)11-8-12-28(26)33)16-21-14-15-24(22-9-6-5-7-10-22)25(17-21)30-35-31(38)39-36-30/h5-12,14-15,17H,3-4,13,16,18-19H2,1-2H3,(H,35,36,38). The number of halogens is 2. The smallest absolute Gasteiger partial charge is 0.352 e. The molecule has 0 amide bonds. The topological polar surface area (TPSA) is 74.5 Å². The number of H-pyrrole nitrogens is 1. The predicted octanol–water partition coefficient (Wildman–Crippen LogP) is 6.90. The molecule has 0 aliphatic carbocycles. The van der Waals surface area contributed by atoms with Gasteiger partial charge in [0, 0.05) is 23.4 Å². The Morgan fingerprint density at radius 2 is 1.77 bits per heavy atom. The number of unbranched alkanes of at least 4 members (excludes halogenated alkanes) is 1. The molecule has 0 radical (unpaired) electrons. The summed E-state index contributed by atoms with van der Waals surface area (Å²) in [7, 11) is 0. The van der Waals surface area contributed by atoms with Crippen LogP contribution in [0.25, 0.3) is 22.5 Å². The van der Waals surface area contributed by atoms with Gasteiger partial charge in [0.25, 0.3) is 0 Å². The minimum atomic E-state index is -0.618. The molecule has 1 aliphatic rings. The molecule has 3 aromatic carbocycles. The zero-order valence-corrected chi connectivity index (χ0v) is 22.0. The van der Waals surface area contributed by atoms with Crippen molar-refractivity contribution in [1.82, 2.24) is 15.0 Å². The van der Waals surface area contributed by atoms with Crippen LogP contribution < -0.4 is 5.76 Å². The van der Waals surface area contributed by atoms with Crippen molar-refractivity contribution in [3.63, 3.8) is 0 Å². The molecule has 6 nitrogen and oxygen atoms in total. The van der Waals surface area contributed by atoms with Crippen molar-refractivity contribution < 1.29 is 13.3 Å². The number of hydrogen-bond donors (Lipinski definition) is 1. The molecular weight excluding hydrogens is 498 g/mol. The average molecular weight is 529 g/mol. The lowest BCUT2D eigenvalue weighted by atomic mass is 9.93. The Morgan fingerprint density at radius 1 is 1.00 bits per heavy atom. The van der Waals surface area contributed by atoms with E-state index < -0.39 is 17.4 Å². The average Bonchev–Trinajstić information content (AvgIpc) is 3.38. The van der Waals surface area contributed by atoms with E-state index in [9.17, 15) is 13.6 Å². The van der Waals surface area contributed by atoms with Gasteiger partial charge in [0.1, 0.15) is 17.5 Å². The minimum absolute atomic E-state index is 0.0351. The minimum Gasteiger partial charge on any atom is -0.352 e. The highest BCUT2D eigenvalue weighted by Gasteiger charge is 2.23. The molecule has 39 heavy (non-hydrogen) atoms. The van der Waals surface area contributed by atoms with Crippen molar-refractivity contribution in [2.45, 2.75) is 46.1 Å². The molecule has 5 rings (SSSR count). The summed E-state index contributed by atoms with van der Waals surface area (Å²) in [4.78, 5) is 21.2. The molecule has 200 valence electrons. The van der Waals surface area contributed by atoms with Crippen molar-refractivity contribution in [3.8, 4) is 22.5 Å². The van der Waals surface area contributed by atoms with Crippen LogP contribution in [0.4, 0.5) is 8.78 Å². The highest BCUT2D eigenvalue weighted by Crippen LogP contribution is 2.33. The molecule has 0 spiro atoms. The van der Waals surface area contributed by atoms with Gasteiger partial charge in [0.2, 0.25) is 0 Å². The van der Waals surface area contributed by atoms with Gasteiger partial charge in [-0.1, -0.05) is 67.0 Å². The van der Waals surface area contributed by atoms with E-state index in [0.717, 1.165) is 58.6 Å². The number of hydrogen-bond acceptors (Lipinski definition) is 5. The van der Waals surface area contributed by atoms with Crippen LogP contribution in [0.2, 0.25) is 0 Å². The molecule has 0 saturated carbocycles. The van der Waals surface area contributed by atoms with Gasteiger partial charge in [-0.15, -0.1) is 0 Å². The Balaban J connectivity index is 1.50. The number of allylic oxidation sites excluding steroid dienone is 1. The van der Waals surface area contributed by atoms with E-state index in [-0.39, 0.29) is 12.1 Å². The van der Waals surface area contributed by atoms with Gasteiger partial charge in [0.05, 0.1) is 6.54 Å². The molecule has 0 atom stereocenters. The van der Waals surface area contributed by atoms with Gasteiger partial charge in [-0.25, -0.2) is 18.6 Å². The van der Waals surface area contributed by atoms with Crippen LogP contribution >= 0.6 is 0 Å². The SMILES string of the molecule is CCCCC1=C(Cc2ccc(-c3ccccc3)c(-c3noc(=O)[nH]3)c2)CN(Cc2c(F)cccc2F)C(C)=N1. The maximum atomic E-state index is 14.4. The second-order valence-corrected chi connectivity index (χ2v) is 9.74. The van der Waals surface area contributed by atoms with E-state index in [2.05, 4.69) is 23.1 Å². The first-order valence-electron chi connectivity index (χ1n) is 13.1. The van der Waals surface area contributed by atoms with E-state index in [0.29, 0.717) is 18.8 Å². The number of benzene rings is 3. The highest BCUT2D eigenvalue weighted by molar-refractivity contribution is 5.83. The first-order valence-corrected chi connectivity index (χ1v) is 13.1. The van der Waals surface area contributed by atoms with E-state index in [4.69, 9.17) is 9.52 Å². The summed E-state index contributed by atoms with van der Waals surface area (Å²) in [5, 5.41) is 3.94. The lowest BCUT2D eigenvalue weighted by Gasteiger charge is -2.31. The zero-order valence-electron chi connectivity index (χ0n) is 22.0. The Hall–Kier alpha value is -4.33. The quantitative estimate of drug-likeness (QED) is 0.257. The lowest BCUT2D eigenvalue weighted by molar-refractivity contribution is 0.388. The Labute approximate surface area is 225 Å². The third-order valence-corrected chi connectivity index (χ3v) is 7.00. The van der Waals surface area contributed by atoms with Crippen LogP contribution in [-0.4, -0.2) is 27.4 Å². The van der Waals surface area contributed by atoms with Crippen molar-refractivity contribution in [2.24, 2.45) is 4.99 Å². The van der Waals surface area contributed by atoms with E-state index in [1.54, 1.807) is 0 Å². The predicted molar refractivity (Wildman–Crippen MR) is 148 cm³/mol. The van der Waals surface area contributed by atoms with Gasteiger partial charge in [-0.3, -0.25) is 9.51 Å². The van der Waals surface area contributed by atoms with Crippen molar-refractivity contribution >= 4 is 5.84 Å². The Bertz CT molecular complexity index is 1570. The highest BCUT2D eigenvalue weighted by atomic mass is 19.1. The molecule has 1 aromatic heterocycles. The number of aromatic nitrogens is 2. The number of aromatic amines is 1. The van der Waals surface area contributed by atoms with Crippen LogP contribution in [-0.2, 0) is 13.0 Å². The molecule has 8 heteroatoms. The summed E-state index contributed by atoms with van der Waals surface area (Å²) in [6.07, 6.45) is 3.45. The normalized spacial score (nSPS) is 13.6. The van der Waals surface area contributed by atoms with Crippen molar-refractivity contribution in [1.29, 1.82) is 0 Å². The Kier molecular flexibility index (Phi) is 7.81. The monoisotopic (exact) mass is 528 g/mol. The largest absolute Gasteiger partial charge is 0.439 e. The molecular formula is C31H30F2N4O2. The summed E-state index contributed by atoms with van der Waals surface area (Å²) < 4.78 is 33.7. The molecule has 0 fully saturated rings. The van der Waals surface area contributed by atoms with E-state index in [1.807, 2.05) is 54.3 Å². The first-order chi connectivity index (χ1) is 18.9. The van der Waals surface area contributed by atoms with Crippen LogP contribution in [0.5, 0.6) is 0 Å². The number of aliphatic imine (C=N–C) groups is 1. The summed E-state index contributed by atoms with van der Waals surface area (Å²) >= 11 is 0. The Morgan fingerprint density at radius 3 is 2.46 bits per heavy atom. The fraction of sp³-hybridized carbons (Fsp3) is 0.258. The van der Waals surface area contributed by atoms with Gasteiger partial charge >= 0.3 is 5.76 Å². The van der Waals surface area contributed by atoms with Gasteiger partial charge in [0.15, 0.2) is 5.82 Å². The van der Waals surface area contributed by atoms with Gasteiger partial charge < -0.3 is 4.90 Å². The molecule has 2 heterocycles. The van der Waals surface area contributed by atoms with Crippen LogP contribution in [0.15, 0.2) is 92.3 Å². The summed E-state index contributed by atoms with van der Waals surface area (Å²) in [6, 6.07) is 19.9. The van der Waals surface area contributed by atoms with Crippen LogP contribution in [0.1, 0.15) is 44.2 Å². The first kappa shape index (κ1) is 26.3. The zero-order chi connectivity index (χ0) is 27.4. The second kappa shape index (κ2) is 11.6. The third-order valence-electron chi connectivity index (χ3n) is 7.00. The number of nitrogens with zero attached hydrogens (tertiary/aromatic N) is 3. The third kappa shape index (κ3) is 5.90. The van der Waals surface area contributed by atoms with Crippen LogP contribution in [0, 0.1) is 11.6 Å². The van der Waals surface area contributed by atoms with Crippen LogP contribution in [0.3, 0.4) is 0 Å². The maximum absolute atomic E-state index is 14.4.